The Balaban J connectivity index is 1.79. The number of rotatable bonds is 0. The molecule has 0 aromatic heterocycles. The lowest BCUT2D eigenvalue weighted by Gasteiger charge is -2.44. The average Bonchev–Trinajstić information content (AvgIpc) is 2.65. The highest BCUT2D eigenvalue weighted by Crippen LogP contribution is 2.34. The quantitative estimate of drug-likeness (QED) is 0.617. The van der Waals surface area contributed by atoms with Crippen LogP contribution in [0.2, 0.25) is 0 Å². The second-order valence-electron chi connectivity index (χ2n) is 4.93. The summed E-state index contributed by atoms with van der Waals surface area (Å²) >= 11 is 0. The molecule has 78 valence electrons. The Morgan fingerprint density at radius 1 is 1.21 bits per heavy atom. The Bertz CT molecular complexity index is 254. The van der Waals surface area contributed by atoms with Crippen molar-refractivity contribution in [2.45, 2.75) is 44.2 Å². The first-order chi connectivity index (χ1) is 6.84. The standard InChI is InChI=1S/C11H18N2O/c14-10-4-3-8-5-7-13-6-1-2-9(13)11(8)12-10/h8-9,11H,1-7H2,(H,12,14). The van der Waals surface area contributed by atoms with Crippen molar-refractivity contribution in [1.82, 2.24) is 10.2 Å². The normalized spacial score (nSPS) is 42.9. The summed E-state index contributed by atoms with van der Waals surface area (Å²) in [5.74, 6) is 1.05. The summed E-state index contributed by atoms with van der Waals surface area (Å²) in [4.78, 5) is 14.0. The molecule has 0 aromatic rings. The van der Waals surface area contributed by atoms with Crippen LogP contribution in [0.25, 0.3) is 0 Å². The van der Waals surface area contributed by atoms with Gasteiger partial charge < -0.3 is 5.32 Å². The molecule has 0 radical (unpaired) electrons. The summed E-state index contributed by atoms with van der Waals surface area (Å²) in [6.07, 6.45) is 5.79. The van der Waals surface area contributed by atoms with Crippen LogP contribution in [0.4, 0.5) is 0 Å². The molecular formula is C11H18N2O. The number of hydrogen-bond acceptors (Lipinski definition) is 2. The Labute approximate surface area is 84.8 Å². The van der Waals surface area contributed by atoms with Gasteiger partial charge in [0.05, 0.1) is 0 Å². The van der Waals surface area contributed by atoms with E-state index in [1.54, 1.807) is 0 Å². The first kappa shape index (κ1) is 8.72. The van der Waals surface area contributed by atoms with Gasteiger partial charge in [0.25, 0.3) is 0 Å². The van der Waals surface area contributed by atoms with Crippen LogP contribution >= 0.6 is 0 Å². The third kappa shape index (κ3) is 1.26. The minimum atomic E-state index is 0.278. The third-order valence-electron chi connectivity index (χ3n) is 4.19. The summed E-state index contributed by atoms with van der Waals surface area (Å²) in [7, 11) is 0. The molecule has 3 fully saturated rings. The number of piperidine rings is 2. The molecule has 3 unspecified atom stereocenters. The summed E-state index contributed by atoms with van der Waals surface area (Å²) < 4.78 is 0. The molecule has 1 N–H and O–H groups in total. The molecule has 0 saturated carbocycles. The lowest BCUT2D eigenvalue weighted by Crippen LogP contribution is -2.59. The molecular weight excluding hydrogens is 176 g/mol. The maximum atomic E-state index is 11.4. The van der Waals surface area contributed by atoms with Gasteiger partial charge in [-0.2, -0.15) is 0 Å². The van der Waals surface area contributed by atoms with Crippen LogP contribution in [0, 0.1) is 5.92 Å². The molecule has 3 saturated heterocycles. The fraction of sp³-hybridized carbons (Fsp3) is 0.909. The molecule has 3 atom stereocenters. The van der Waals surface area contributed by atoms with Crippen molar-refractivity contribution < 1.29 is 4.79 Å². The van der Waals surface area contributed by atoms with E-state index < -0.39 is 0 Å². The average molecular weight is 194 g/mol. The van der Waals surface area contributed by atoms with E-state index in [9.17, 15) is 4.79 Å². The van der Waals surface area contributed by atoms with Crippen LogP contribution in [0.3, 0.4) is 0 Å². The number of carbonyl (C=O) groups excluding carboxylic acids is 1. The smallest absolute Gasteiger partial charge is 0.220 e. The molecule has 3 aliphatic rings. The van der Waals surface area contributed by atoms with E-state index in [1.165, 1.54) is 32.4 Å². The maximum Gasteiger partial charge on any atom is 0.220 e. The Morgan fingerprint density at radius 3 is 3.07 bits per heavy atom. The highest BCUT2D eigenvalue weighted by molar-refractivity contribution is 5.77. The summed E-state index contributed by atoms with van der Waals surface area (Å²) in [6, 6.07) is 1.14. The van der Waals surface area contributed by atoms with Crippen molar-refractivity contribution in [3.63, 3.8) is 0 Å². The minimum Gasteiger partial charge on any atom is -0.352 e. The summed E-state index contributed by atoms with van der Waals surface area (Å²) in [5.41, 5.74) is 0. The van der Waals surface area contributed by atoms with Gasteiger partial charge in [0.15, 0.2) is 0 Å². The topological polar surface area (TPSA) is 32.3 Å². The largest absolute Gasteiger partial charge is 0.352 e. The predicted octanol–water partition coefficient (Wildman–Crippen LogP) is 0.749. The number of hydrogen-bond donors (Lipinski definition) is 1. The second kappa shape index (κ2) is 3.23. The highest BCUT2D eigenvalue weighted by Gasteiger charge is 2.42. The molecule has 1 amide bonds. The molecule has 0 spiro atoms. The van der Waals surface area contributed by atoms with E-state index in [2.05, 4.69) is 10.2 Å². The number of carbonyl (C=O) groups is 1. The van der Waals surface area contributed by atoms with Gasteiger partial charge in [-0.1, -0.05) is 0 Å². The van der Waals surface area contributed by atoms with E-state index in [1.807, 2.05) is 0 Å². The van der Waals surface area contributed by atoms with Crippen molar-refractivity contribution in [3.8, 4) is 0 Å². The van der Waals surface area contributed by atoms with Crippen molar-refractivity contribution in [2.75, 3.05) is 13.1 Å². The Morgan fingerprint density at radius 2 is 2.14 bits per heavy atom. The van der Waals surface area contributed by atoms with Gasteiger partial charge in [0.2, 0.25) is 5.91 Å². The predicted molar refractivity (Wildman–Crippen MR) is 53.9 cm³/mol. The minimum absolute atomic E-state index is 0.278. The van der Waals surface area contributed by atoms with E-state index in [0.717, 1.165) is 18.8 Å². The molecule has 3 heteroatoms. The zero-order chi connectivity index (χ0) is 9.54. The fourth-order valence-electron chi connectivity index (χ4n) is 3.47. The van der Waals surface area contributed by atoms with Gasteiger partial charge in [0, 0.05) is 18.5 Å². The molecule has 14 heavy (non-hydrogen) atoms. The van der Waals surface area contributed by atoms with Crippen molar-refractivity contribution in [1.29, 1.82) is 0 Å². The Kier molecular flexibility index (Phi) is 2.01. The van der Waals surface area contributed by atoms with Crippen LogP contribution in [-0.2, 0) is 4.79 Å². The van der Waals surface area contributed by atoms with Gasteiger partial charge in [-0.25, -0.2) is 0 Å². The van der Waals surface area contributed by atoms with Crippen LogP contribution in [-0.4, -0.2) is 36.0 Å². The van der Waals surface area contributed by atoms with Crippen LogP contribution < -0.4 is 5.32 Å². The molecule has 3 nitrogen and oxygen atoms in total. The van der Waals surface area contributed by atoms with Gasteiger partial charge in [-0.3, -0.25) is 9.69 Å². The SMILES string of the molecule is O=C1CCC2CCN3CCCC3C2N1. The summed E-state index contributed by atoms with van der Waals surface area (Å²) in [5, 5.41) is 3.21. The molecule has 0 aliphatic carbocycles. The van der Waals surface area contributed by atoms with Crippen molar-refractivity contribution in [2.24, 2.45) is 5.92 Å². The van der Waals surface area contributed by atoms with Gasteiger partial charge in [0.1, 0.15) is 0 Å². The number of nitrogens with one attached hydrogen (secondary N) is 1. The van der Waals surface area contributed by atoms with Gasteiger partial charge in [-0.15, -0.1) is 0 Å². The monoisotopic (exact) mass is 194 g/mol. The highest BCUT2D eigenvalue weighted by atomic mass is 16.1. The van der Waals surface area contributed by atoms with E-state index in [0.29, 0.717) is 12.1 Å². The Hall–Kier alpha value is -0.570. The number of fused-ring (bicyclic) bond motifs is 3. The fourth-order valence-corrected chi connectivity index (χ4v) is 3.47. The lowest BCUT2D eigenvalue weighted by molar-refractivity contribution is -0.126. The molecule has 3 heterocycles. The second-order valence-corrected chi connectivity index (χ2v) is 4.93. The first-order valence-corrected chi connectivity index (χ1v) is 5.88. The number of amides is 1. The molecule has 3 rings (SSSR count). The summed E-state index contributed by atoms with van der Waals surface area (Å²) in [6.45, 7) is 2.52. The zero-order valence-corrected chi connectivity index (χ0v) is 8.54. The van der Waals surface area contributed by atoms with Crippen LogP contribution in [0.1, 0.15) is 32.1 Å². The van der Waals surface area contributed by atoms with Crippen molar-refractivity contribution >= 4 is 5.91 Å². The van der Waals surface area contributed by atoms with Crippen LogP contribution in [0.5, 0.6) is 0 Å². The van der Waals surface area contributed by atoms with Crippen molar-refractivity contribution in [3.05, 3.63) is 0 Å². The van der Waals surface area contributed by atoms with Gasteiger partial charge in [-0.05, 0) is 44.7 Å². The van der Waals surface area contributed by atoms with Crippen LogP contribution in [0.15, 0.2) is 0 Å². The molecule has 0 aromatic carbocycles. The maximum absolute atomic E-state index is 11.4. The first-order valence-electron chi connectivity index (χ1n) is 5.88. The number of nitrogens with zero attached hydrogens (tertiary/aromatic N) is 1. The van der Waals surface area contributed by atoms with E-state index >= 15 is 0 Å². The molecule has 3 aliphatic heterocycles. The lowest BCUT2D eigenvalue weighted by atomic mass is 9.80. The van der Waals surface area contributed by atoms with Gasteiger partial charge >= 0.3 is 0 Å². The van der Waals surface area contributed by atoms with E-state index in [4.69, 9.17) is 0 Å². The van der Waals surface area contributed by atoms with E-state index in [-0.39, 0.29) is 5.91 Å². The zero-order valence-electron chi connectivity index (χ0n) is 8.54. The molecule has 0 bridgehead atoms. The third-order valence-corrected chi connectivity index (χ3v) is 4.19.